The van der Waals surface area contributed by atoms with Gasteiger partial charge in [-0.1, -0.05) is 0 Å². The lowest BCUT2D eigenvalue weighted by atomic mass is 10.3. The Bertz CT molecular complexity index is 563. The molecule has 8 heteroatoms. The molecule has 1 aliphatic heterocycles. The maximum absolute atomic E-state index is 5.39. The fourth-order valence-electron chi connectivity index (χ4n) is 2.05. The summed E-state index contributed by atoms with van der Waals surface area (Å²) >= 11 is 0. The molecule has 3 heterocycles. The molecule has 3 rings (SSSR count). The van der Waals surface area contributed by atoms with Crippen molar-refractivity contribution in [1.82, 2.24) is 24.7 Å². The molecule has 0 bridgehead atoms. The number of nitrogens with one attached hydrogen (secondary N) is 1. The van der Waals surface area contributed by atoms with E-state index >= 15 is 0 Å². The highest BCUT2D eigenvalue weighted by Gasteiger charge is 2.19. The van der Waals surface area contributed by atoms with Crippen LogP contribution in [-0.4, -0.2) is 31.3 Å². The summed E-state index contributed by atoms with van der Waals surface area (Å²) in [7, 11) is 0. The van der Waals surface area contributed by atoms with Gasteiger partial charge in [0.25, 0.3) is 0 Å². The topological polar surface area (TPSA) is 97.8 Å². The molecule has 0 fully saturated rings. The van der Waals surface area contributed by atoms with Crippen molar-refractivity contribution in [3.05, 3.63) is 24.0 Å². The number of nitrogens with two attached hydrogens (primary N) is 1. The maximum atomic E-state index is 5.39. The summed E-state index contributed by atoms with van der Waals surface area (Å²) in [6.07, 6.45) is 1.75. The Hall–Kier alpha value is -2.22. The molecule has 2 aromatic heterocycles. The molecule has 0 atom stereocenters. The van der Waals surface area contributed by atoms with Crippen LogP contribution in [0.2, 0.25) is 0 Å². The zero-order valence-electron chi connectivity index (χ0n) is 10.0. The Labute approximate surface area is 104 Å². The Balaban J connectivity index is 1.90. The predicted octanol–water partition coefficient (Wildman–Crippen LogP) is -0.318. The SMILES string of the molecule is Cc1nc(NN)cc(N2CCn3cnnc3C2)n1. The van der Waals surface area contributed by atoms with Gasteiger partial charge in [-0.05, 0) is 6.92 Å². The van der Waals surface area contributed by atoms with Crippen LogP contribution in [0.1, 0.15) is 11.6 Å². The standard InChI is InChI=1S/C10H14N8/c1-7-13-8(15-11)4-9(14-7)17-2-3-18-6-12-16-10(18)5-17/h4,6H,2-3,5,11H2,1H3,(H,13,14,15). The van der Waals surface area contributed by atoms with Gasteiger partial charge in [-0.2, -0.15) is 0 Å². The van der Waals surface area contributed by atoms with Crippen LogP contribution in [0.25, 0.3) is 0 Å². The number of nitrogen functional groups attached to an aromatic ring is 1. The van der Waals surface area contributed by atoms with Crippen molar-refractivity contribution in [2.45, 2.75) is 20.0 Å². The van der Waals surface area contributed by atoms with Crippen LogP contribution < -0.4 is 16.2 Å². The summed E-state index contributed by atoms with van der Waals surface area (Å²) in [5.74, 6) is 8.49. The van der Waals surface area contributed by atoms with Crippen molar-refractivity contribution in [1.29, 1.82) is 0 Å². The van der Waals surface area contributed by atoms with Gasteiger partial charge in [-0.15, -0.1) is 10.2 Å². The van der Waals surface area contributed by atoms with E-state index in [0.29, 0.717) is 18.2 Å². The summed E-state index contributed by atoms with van der Waals surface area (Å²) in [6, 6.07) is 1.83. The average molecular weight is 246 g/mol. The molecule has 0 radical (unpaired) electrons. The minimum Gasteiger partial charge on any atom is -0.347 e. The first-order chi connectivity index (χ1) is 8.76. The summed E-state index contributed by atoms with van der Waals surface area (Å²) in [5.41, 5.74) is 2.55. The van der Waals surface area contributed by atoms with Crippen LogP contribution in [0.3, 0.4) is 0 Å². The first-order valence-electron chi connectivity index (χ1n) is 5.70. The normalized spacial score (nSPS) is 14.4. The van der Waals surface area contributed by atoms with Gasteiger partial charge in [0.2, 0.25) is 0 Å². The second kappa shape index (κ2) is 4.22. The van der Waals surface area contributed by atoms with Gasteiger partial charge in [0.05, 0.1) is 6.54 Å². The fourth-order valence-corrected chi connectivity index (χ4v) is 2.05. The van der Waals surface area contributed by atoms with E-state index in [-0.39, 0.29) is 0 Å². The van der Waals surface area contributed by atoms with Crippen molar-refractivity contribution in [3.63, 3.8) is 0 Å². The van der Waals surface area contributed by atoms with E-state index in [9.17, 15) is 0 Å². The Morgan fingerprint density at radius 1 is 1.33 bits per heavy atom. The summed E-state index contributed by atoms with van der Waals surface area (Å²) in [6.45, 7) is 4.26. The molecule has 0 spiro atoms. The number of rotatable bonds is 2. The number of hydrazine groups is 1. The molecule has 8 nitrogen and oxygen atoms in total. The largest absolute Gasteiger partial charge is 0.347 e. The van der Waals surface area contributed by atoms with Crippen LogP contribution in [0.15, 0.2) is 12.4 Å². The molecule has 3 N–H and O–H groups in total. The molecular weight excluding hydrogens is 232 g/mol. The van der Waals surface area contributed by atoms with Crippen molar-refractivity contribution >= 4 is 11.6 Å². The van der Waals surface area contributed by atoms with E-state index in [2.05, 4.69) is 30.5 Å². The smallest absolute Gasteiger partial charge is 0.152 e. The number of nitrogens with zero attached hydrogens (tertiary/aromatic N) is 6. The van der Waals surface area contributed by atoms with Gasteiger partial charge in [0, 0.05) is 19.2 Å². The first-order valence-corrected chi connectivity index (χ1v) is 5.70. The van der Waals surface area contributed by atoms with E-state index in [1.807, 2.05) is 17.6 Å². The van der Waals surface area contributed by atoms with Crippen molar-refractivity contribution in [3.8, 4) is 0 Å². The van der Waals surface area contributed by atoms with E-state index in [0.717, 1.165) is 24.7 Å². The molecule has 18 heavy (non-hydrogen) atoms. The second-order valence-electron chi connectivity index (χ2n) is 4.17. The third kappa shape index (κ3) is 1.86. The molecule has 0 aliphatic carbocycles. The highest BCUT2D eigenvalue weighted by atomic mass is 15.3. The monoisotopic (exact) mass is 246 g/mol. The lowest BCUT2D eigenvalue weighted by Gasteiger charge is -2.28. The molecule has 0 amide bonds. The third-order valence-electron chi connectivity index (χ3n) is 2.94. The molecule has 2 aromatic rings. The first kappa shape index (κ1) is 10.9. The van der Waals surface area contributed by atoms with Crippen molar-refractivity contribution in [2.24, 2.45) is 5.84 Å². The average Bonchev–Trinajstić information content (AvgIpc) is 2.85. The van der Waals surface area contributed by atoms with E-state index < -0.39 is 0 Å². The summed E-state index contributed by atoms with van der Waals surface area (Å²) < 4.78 is 2.05. The van der Waals surface area contributed by atoms with Crippen molar-refractivity contribution < 1.29 is 0 Å². The minimum atomic E-state index is 0.615. The number of aromatic nitrogens is 5. The van der Waals surface area contributed by atoms with E-state index in [1.54, 1.807) is 6.33 Å². The maximum Gasteiger partial charge on any atom is 0.152 e. The van der Waals surface area contributed by atoms with Gasteiger partial charge in [0.15, 0.2) is 5.82 Å². The van der Waals surface area contributed by atoms with Gasteiger partial charge in [-0.25, -0.2) is 15.8 Å². The predicted molar refractivity (Wildman–Crippen MR) is 65.7 cm³/mol. The van der Waals surface area contributed by atoms with Gasteiger partial charge < -0.3 is 14.9 Å². The molecule has 0 saturated heterocycles. The number of aryl methyl sites for hydroxylation is 1. The van der Waals surface area contributed by atoms with Crippen molar-refractivity contribution in [2.75, 3.05) is 16.9 Å². The van der Waals surface area contributed by atoms with Gasteiger partial charge in [0.1, 0.15) is 23.8 Å². The number of anilines is 2. The Morgan fingerprint density at radius 3 is 3.06 bits per heavy atom. The highest BCUT2D eigenvalue weighted by Crippen LogP contribution is 2.19. The Morgan fingerprint density at radius 2 is 2.22 bits per heavy atom. The third-order valence-corrected chi connectivity index (χ3v) is 2.94. The number of hydrogen-bond acceptors (Lipinski definition) is 7. The van der Waals surface area contributed by atoms with E-state index in [4.69, 9.17) is 5.84 Å². The summed E-state index contributed by atoms with van der Waals surface area (Å²) in [4.78, 5) is 10.7. The minimum absolute atomic E-state index is 0.615. The zero-order valence-corrected chi connectivity index (χ0v) is 10.0. The molecule has 94 valence electrons. The molecule has 0 unspecified atom stereocenters. The van der Waals surface area contributed by atoms with Crippen LogP contribution in [0.4, 0.5) is 11.6 Å². The molecule has 0 aromatic carbocycles. The van der Waals surface area contributed by atoms with Gasteiger partial charge in [-0.3, -0.25) is 0 Å². The van der Waals surface area contributed by atoms with Crippen LogP contribution in [0.5, 0.6) is 0 Å². The highest BCUT2D eigenvalue weighted by molar-refractivity contribution is 5.49. The molecule has 1 aliphatic rings. The second-order valence-corrected chi connectivity index (χ2v) is 4.17. The molecular formula is C10H14N8. The Kier molecular flexibility index (Phi) is 2.56. The number of hydrogen-bond donors (Lipinski definition) is 2. The molecule has 0 saturated carbocycles. The quantitative estimate of drug-likeness (QED) is 0.553. The lowest BCUT2D eigenvalue weighted by molar-refractivity contribution is 0.555. The summed E-state index contributed by atoms with van der Waals surface area (Å²) in [5, 5.41) is 7.99. The van der Waals surface area contributed by atoms with Crippen LogP contribution in [0, 0.1) is 6.92 Å². The van der Waals surface area contributed by atoms with Gasteiger partial charge >= 0.3 is 0 Å². The zero-order chi connectivity index (χ0) is 12.5. The lowest BCUT2D eigenvalue weighted by Crippen LogP contribution is -2.34. The fraction of sp³-hybridized carbons (Fsp3) is 0.400. The van der Waals surface area contributed by atoms with Crippen LogP contribution in [-0.2, 0) is 13.1 Å². The van der Waals surface area contributed by atoms with Crippen LogP contribution >= 0.6 is 0 Å². The van der Waals surface area contributed by atoms with E-state index in [1.165, 1.54) is 0 Å². The number of fused-ring (bicyclic) bond motifs is 1.